The van der Waals surface area contributed by atoms with Crippen molar-refractivity contribution in [3.63, 3.8) is 0 Å². The normalized spacial score (nSPS) is 18.3. The average Bonchev–Trinajstić information content (AvgIpc) is 2.56. The molecule has 0 saturated carbocycles. The predicted octanol–water partition coefficient (Wildman–Crippen LogP) is 4.44. The number of unbranched alkanes of at least 4 members (excludes halogenated alkanes) is 1. The third-order valence-electron chi connectivity index (χ3n) is 4.65. The molecular weight excluding hydrogens is 294 g/mol. The Labute approximate surface area is 138 Å². The largest absolute Gasteiger partial charge is 0.481 e. The fraction of sp³-hybridized carbons (Fsp3) is 0.611. The summed E-state index contributed by atoms with van der Waals surface area (Å²) in [5, 5.41) is 9.16. The smallest absolute Gasteiger partial charge is 0.306 e. The van der Waals surface area contributed by atoms with Crippen molar-refractivity contribution in [3.8, 4) is 0 Å². The highest BCUT2D eigenvalue weighted by molar-refractivity contribution is 7.98. The molecule has 0 spiro atoms. The van der Waals surface area contributed by atoms with Crippen LogP contribution in [0.5, 0.6) is 0 Å². The summed E-state index contributed by atoms with van der Waals surface area (Å²) < 4.78 is 0. The van der Waals surface area contributed by atoms with Crippen LogP contribution in [0.3, 0.4) is 0 Å². The van der Waals surface area contributed by atoms with Gasteiger partial charge in [-0.3, -0.25) is 9.69 Å². The van der Waals surface area contributed by atoms with Crippen LogP contribution in [0.1, 0.15) is 50.6 Å². The summed E-state index contributed by atoms with van der Waals surface area (Å²) in [6, 6.07) is 9.32. The van der Waals surface area contributed by atoms with Gasteiger partial charge < -0.3 is 5.11 Å². The van der Waals surface area contributed by atoms with Gasteiger partial charge in [-0.2, -0.15) is 0 Å². The molecule has 0 aromatic heterocycles. The lowest BCUT2D eigenvalue weighted by Gasteiger charge is -2.37. The Morgan fingerprint density at radius 1 is 1.32 bits per heavy atom. The number of thioether (sulfide) groups is 1. The first-order valence-electron chi connectivity index (χ1n) is 8.26. The van der Waals surface area contributed by atoms with Crippen LogP contribution in [0.15, 0.2) is 29.2 Å². The third-order valence-corrected chi connectivity index (χ3v) is 5.39. The summed E-state index contributed by atoms with van der Waals surface area (Å²) in [7, 11) is 0. The lowest BCUT2D eigenvalue weighted by Crippen LogP contribution is -2.38. The van der Waals surface area contributed by atoms with Gasteiger partial charge in [0.25, 0.3) is 0 Å². The molecule has 1 atom stereocenters. The number of likely N-dealkylation sites (tertiary alicyclic amines) is 1. The minimum atomic E-state index is -0.630. The summed E-state index contributed by atoms with van der Waals surface area (Å²) in [5.41, 5.74) is 1.38. The van der Waals surface area contributed by atoms with Gasteiger partial charge in [-0.25, -0.2) is 0 Å². The molecule has 1 fully saturated rings. The van der Waals surface area contributed by atoms with E-state index in [1.807, 2.05) is 0 Å². The highest BCUT2D eigenvalue weighted by atomic mass is 32.2. The van der Waals surface area contributed by atoms with Crippen molar-refractivity contribution >= 4 is 17.7 Å². The van der Waals surface area contributed by atoms with E-state index >= 15 is 0 Å². The quantitative estimate of drug-likeness (QED) is 0.754. The molecule has 0 aliphatic carbocycles. The Bertz CT molecular complexity index is 466. The molecule has 22 heavy (non-hydrogen) atoms. The summed E-state index contributed by atoms with van der Waals surface area (Å²) in [6.45, 7) is 4.02. The predicted molar refractivity (Wildman–Crippen MR) is 92.4 cm³/mol. The third kappa shape index (κ3) is 4.50. The molecule has 1 aliphatic rings. The summed E-state index contributed by atoms with van der Waals surface area (Å²) >= 11 is 1.77. The molecule has 1 heterocycles. The highest BCUT2D eigenvalue weighted by Gasteiger charge is 2.28. The molecule has 1 N–H and O–H groups in total. The van der Waals surface area contributed by atoms with E-state index in [0.717, 1.165) is 32.4 Å². The van der Waals surface area contributed by atoms with Crippen molar-refractivity contribution in [2.75, 3.05) is 19.3 Å². The van der Waals surface area contributed by atoms with E-state index in [1.165, 1.54) is 23.3 Å². The molecule has 1 aliphatic heterocycles. The molecule has 0 bridgehead atoms. The van der Waals surface area contributed by atoms with Crippen LogP contribution in [0, 0.1) is 5.92 Å². The second-order valence-corrected chi connectivity index (χ2v) is 6.96. The first-order chi connectivity index (χ1) is 10.7. The van der Waals surface area contributed by atoms with Crippen molar-refractivity contribution in [1.29, 1.82) is 0 Å². The molecule has 1 saturated heterocycles. The molecular formula is C18H27NO2S. The van der Waals surface area contributed by atoms with Gasteiger partial charge in [-0.05, 0) is 56.3 Å². The zero-order chi connectivity index (χ0) is 15.9. The summed E-state index contributed by atoms with van der Waals surface area (Å²) in [6.07, 6.45) is 7.23. The number of carboxylic acids is 1. The molecule has 122 valence electrons. The molecule has 0 radical (unpaired) electrons. The number of carboxylic acid groups (broad SMARTS) is 1. The monoisotopic (exact) mass is 321 g/mol. The van der Waals surface area contributed by atoms with Crippen molar-refractivity contribution in [3.05, 3.63) is 29.8 Å². The van der Waals surface area contributed by atoms with Gasteiger partial charge in [0.05, 0.1) is 5.92 Å². The number of aliphatic carboxylic acids is 1. The molecule has 4 heteroatoms. The zero-order valence-corrected chi connectivity index (χ0v) is 14.4. The lowest BCUT2D eigenvalue weighted by molar-refractivity contribution is -0.143. The van der Waals surface area contributed by atoms with Crippen molar-refractivity contribution in [1.82, 2.24) is 4.90 Å². The second-order valence-electron chi connectivity index (χ2n) is 6.08. The first-order valence-corrected chi connectivity index (χ1v) is 9.49. The van der Waals surface area contributed by atoms with Gasteiger partial charge in [0, 0.05) is 10.9 Å². The SMILES string of the molecule is CCCCC(c1ccc(SC)cc1)N1CCC(C(=O)O)CC1. The maximum absolute atomic E-state index is 11.1. The van der Waals surface area contributed by atoms with Crippen LogP contribution in [-0.4, -0.2) is 35.3 Å². The van der Waals surface area contributed by atoms with Gasteiger partial charge >= 0.3 is 5.97 Å². The molecule has 1 unspecified atom stereocenters. The van der Waals surface area contributed by atoms with Crippen LogP contribution in [0.2, 0.25) is 0 Å². The number of hydrogen-bond acceptors (Lipinski definition) is 3. The maximum Gasteiger partial charge on any atom is 0.306 e. The van der Waals surface area contributed by atoms with E-state index in [2.05, 4.69) is 42.3 Å². The Morgan fingerprint density at radius 2 is 1.95 bits per heavy atom. The number of carbonyl (C=O) groups is 1. The summed E-state index contributed by atoms with van der Waals surface area (Å²) in [4.78, 5) is 14.9. The van der Waals surface area contributed by atoms with E-state index in [4.69, 9.17) is 5.11 Å². The van der Waals surface area contributed by atoms with Gasteiger partial charge in [-0.15, -0.1) is 11.8 Å². The number of rotatable bonds is 7. The van der Waals surface area contributed by atoms with Crippen LogP contribution in [-0.2, 0) is 4.79 Å². The zero-order valence-electron chi connectivity index (χ0n) is 13.6. The summed E-state index contributed by atoms with van der Waals surface area (Å²) in [5.74, 6) is -0.781. The number of piperidine rings is 1. The number of benzene rings is 1. The Balaban J connectivity index is 2.07. The van der Waals surface area contributed by atoms with Crippen molar-refractivity contribution < 1.29 is 9.90 Å². The standard InChI is InChI=1S/C18H27NO2S/c1-3-4-5-17(14-6-8-16(22-2)9-7-14)19-12-10-15(11-13-19)18(20)21/h6-9,15,17H,3-5,10-13H2,1-2H3,(H,20,21). The van der Waals surface area contributed by atoms with Crippen molar-refractivity contribution in [2.24, 2.45) is 5.92 Å². The van der Waals surface area contributed by atoms with Gasteiger partial charge in [0.2, 0.25) is 0 Å². The topological polar surface area (TPSA) is 40.5 Å². The van der Waals surface area contributed by atoms with E-state index in [9.17, 15) is 4.79 Å². The van der Waals surface area contributed by atoms with E-state index < -0.39 is 5.97 Å². The van der Waals surface area contributed by atoms with Crippen LogP contribution in [0.25, 0.3) is 0 Å². The maximum atomic E-state index is 11.1. The van der Waals surface area contributed by atoms with Crippen LogP contribution >= 0.6 is 11.8 Å². The molecule has 3 nitrogen and oxygen atoms in total. The van der Waals surface area contributed by atoms with Gasteiger partial charge in [-0.1, -0.05) is 31.9 Å². The first kappa shape index (κ1) is 17.4. The number of nitrogens with zero attached hydrogens (tertiary/aromatic N) is 1. The minimum Gasteiger partial charge on any atom is -0.481 e. The molecule has 2 rings (SSSR count). The molecule has 0 amide bonds. The fourth-order valence-corrected chi connectivity index (χ4v) is 3.65. The van der Waals surface area contributed by atoms with E-state index in [-0.39, 0.29) is 5.92 Å². The minimum absolute atomic E-state index is 0.151. The Kier molecular flexibility index (Phi) is 6.77. The van der Waals surface area contributed by atoms with Crippen LogP contribution < -0.4 is 0 Å². The molecule has 1 aromatic carbocycles. The van der Waals surface area contributed by atoms with E-state index in [1.54, 1.807) is 11.8 Å². The highest BCUT2D eigenvalue weighted by Crippen LogP contribution is 2.31. The second kappa shape index (κ2) is 8.59. The van der Waals surface area contributed by atoms with Crippen LogP contribution in [0.4, 0.5) is 0 Å². The Morgan fingerprint density at radius 3 is 2.45 bits per heavy atom. The Hall–Kier alpha value is -1.00. The molecule has 1 aromatic rings. The van der Waals surface area contributed by atoms with Gasteiger partial charge in [0.1, 0.15) is 0 Å². The average molecular weight is 321 g/mol. The van der Waals surface area contributed by atoms with E-state index in [0.29, 0.717) is 6.04 Å². The number of hydrogen-bond donors (Lipinski definition) is 1. The van der Waals surface area contributed by atoms with Crippen molar-refractivity contribution in [2.45, 2.75) is 50.0 Å². The van der Waals surface area contributed by atoms with Gasteiger partial charge in [0.15, 0.2) is 0 Å². The fourth-order valence-electron chi connectivity index (χ4n) is 3.24. The lowest BCUT2D eigenvalue weighted by atomic mass is 9.92.